The molecule has 7 heteroatoms. The quantitative estimate of drug-likeness (QED) is 0.523. The number of nitrogens with one attached hydrogen (secondary N) is 2. The maximum atomic E-state index is 12.5. The molecule has 0 saturated heterocycles. The molecule has 0 aromatic heterocycles. The van der Waals surface area contributed by atoms with Gasteiger partial charge in [0.05, 0.1) is 27.0 Å². The lowest BCUT2D eigenvalue weighted by atomic mass is 10.1. The normalized spacial score (nSPS) is 11.8. The van der Waals surface area contributed by atoms with Crippen LogP contribution in [0.2, 0.25) is 0 Å². The zero-order valence-corrected chi connectivity index (χ0v) is 17.2. The number of hydrogen-bond donors (Lipinski definition) is 2. The van der Waals surface area contributed by atoms with Gasteiger partial charge in [0.25, 0.3) is 5.91 Å². The van der Waals surface area contributed by atoms with Gasteiger partial charge >= 0.3 is 0 Å². The fourth-order valence-electron chi connectivity index (χ4n) is 2.68. The predicted molar refractivity (Wildman–Crippen MR) is 111 cm³/mol. The molecule has 1 amide bonds. The van der Waals surface area contributed by atoms with Crippen LogP contribution in [0.25, 0.3) is 0 Å². The fraction of sp³-hybridized carbons (Fsp3) is 0.273. The number of aryl methyl sites for hydroxylation is 1. The molecule has 0 radical (unpaired) electrons. The van der Waals surface area contributed by atoms with Gasteiger partial charge in [-0.25, -0.2) is 0 Å². The number of hydrogen-bond acceptors (Lipinski definition) is 6. The molecule has 0 heterocycles. The number of methoxy groups -OCH3 is 3. The minimum atomic E-state index is -0.525. The summed E-state index contributed by atoms with van der Waals surface area (Å²) in [5, 5.41) is 15.2. The molecular formula is C22H25N3O4. The fourth-order valence-corrected chi connectivity index (χ4v) is 2.68. The molecule has 2 aromatic rings. The van der Waals surface area contributed by atoms with Crippen LogP contribution in [0.1, 0.15) is 24.1 Å². The van der Waals surface area contributed by atoms with E-state index in [9.17, 15) is 10.1 Å². The number of amides is 1. The van der Waals surface area contributed by atoms with Crippen molar-refractivity contribution in [2.45, 2.75) is 19.9 Å². The molecule has 2 aromatic carbocycles. The van der Waals surface area contributed by atoms with E-state index in [1.54, 1.807) is 32.4 Å². The first kappa shape index (κ1) is 21.6. The molecule has 0 aliphatic carbocycles. The van der Waals surface area contributed by atoms with Crippen LogP contribution >= 0.6 is 0 Å². The summed E-state index contributed by atoms with van der Waals surface area (Å²) in [5.74, 6) is 1.23. The minimum absolute atomic E-state index is 0.0547. The monoisotopic (exact) mass is 395 g/mol. The molecule has 0 spiro atoms. The summed E-state index contributed by atoms with van der Waals surface area (Å²) in [6.07, 6.45) is 1.40. The standard InChI is InChI=1S/C22H25N3O4/c1-14-6-8-19(27-3)18(10-14)25-22(26)17(12-23)13-24-15(2)16-7-9-20(28-4)21(11-16)29-5/h6-11,13,15,24H,1-5H3,(H,25,26)/b17-13-. The van der Waals surface area contributed by atoms with Gasteiger partial charge in [-0.2, -0.15) is 5.26 Å². The van der Waals surface area contributed by atoms with E-state index in [-0.39, 0.29) is 11.6 Å². The van der Waals surface area contributed by atoms with Crippen molar-refractivity contribution in [2.75, 3.05) is 26.6 Å². The van der Waals surface area contributed by atoms with Crippen LogP contribution in [0.4, 0.5) is 5.69 Å². The molecule has 29 heavy (non-hydrogen) atoms. The van der Waals surface area contributed by atoms with Crippen molar-refractivity contribution in [3.8, 4) is 23.3 Å². The molecule has 1 unspecified atom stereocenters. The first-order chi connectivity index (χ1) is 13.9. The molecule has 0 aliphatic heterocycles. The van der Waals surface area contributed by atoms with Gasteiger partial charge in [0.2, 0.25) is 0 Å². The lowest BCUT2D eigenvalue weighted by Gasteiger charge is -2.16. The average molecular weight is 395 g/mol. The van der Waals surface area contributed by atoms with Gasteiger partial charge in [-0.15, -0.1) is 0 Å². The second-order valence-corrected chi connectivity index (χ2v) is 6.33. The van der Waals surface area contributed by atoms with E-state index < -0.39 is 5.91 Å². The minimum Gasteiger partial charge on any atom is -0.495 e. The second kappa shape index (κ2) is 10.0. The van der Waals surface area contributed by atoms with Crippen molar-refractivity contribution in [2.24, 2.45) is 0 Å². The summed E-state index contributed by atoms with van der Waals surface area (Å²) in [4.78, 5) is 12.5. The largest absolute Gasteiger partial charge is 0.495 e. The van der Waals surface area contributed by atoms with Gasteiger partial charge in [-0.3, -0.25) is 4.79 Å². The number of nitriles is 1. The average Bonchev–Trinajstić information content (AvgIpc) is 2.73. The molecule has 0 fully saturated rings. The van der Waals surface area contributed by atoms with Crippen LogP contribution in [0.15, 0.2) is 48.2 Å². The third-order valence-electron chi connectivity index (χ3n) is 4.35. The molecule has 0 bridgehead atoms. The van der Waals surface area contributed by atoms with Crippen LogP contribution < -0.4 is 24.8 Å². The Morgan fingerprint density at radius 2 is 1.69 bits per heavy atom. The van der Waals surface area contributed by atoms with E-state index in [0.29, 0.717) is 22.9 Å². The van der Waals surface area contributed by atoms with Crippen molar-refractivity contribution in [3.05, 3.63) is 59.3 Å². The Bertz CT molecular complexity index is 948. The van der Waals surface area contributed by atoms with Crippen LogP contribution in [-0.2, 0) is 4.79 Å². The van der Waals surface area contributed by atoms with Gasteiger partial charge in [-0.05, 0) is 49.2 Å². The Labute approximate surface area is 170 Å². The van der Waals surface area contributed by atoms with E-state index in [2.05, 4.69) is 10.6 Å². The van der Waals surface area contributed by atoms with Crippen molar-refractivity contribution in [1.82, 2.24) is 5.32 Å². The summed E-state index contributed by atoms with van der Waals surface area (Å²) in [6.45, 7) is 3.82. The van der Waals surface area contributed by atoms with Crippen molar-refractivity contribution in [1.29, 1.82) is 5.26 Å². The molecule has 2 N–H and O–H groups in total. The molecular weight excluding hydrogens is 370 g/mol. The van der Waals surface area contributed by atoms with Gasteiger partial charge in [-0.1, -0.05) is 12.1 Å². The van der Waals surface area contributed by atoms with Crippen molar-refractivity contribution < 1.29 is 19.0 Å². The summed E-state index contributed by atoms with van der Waals surface area (Å²) in [6, 6.07) is 12.7. The molecule has 0 aliphatic rings. The molecule has 2 rings (SSSR count). The summed E-state index contributed by atoms with van der Waals surface area (Å²) >= 11 is 0. The third-order valence-corrected chi connectivity index (χ3v) is 4.35. The van der Waals surface area contributed by atoms with Crippen molar-refractivity contribution >= 4 is 11.6 Å². The lowest BCUT2D eigenvalue weighted by molar-refractivity contribution is -0.112. The van der Waals surface area contributed by atoms with Gasteiger partial charge in [0.15, 0.2) is 11.5 Å². The first-order valence-electron chi connectivity index (χ1n) is 8.97. The Morgan fingerprint density at radius 3 is 2.31 bits per heavy atom. The number of nitrogens with zero attached hydrogens (tertiary/aromatic N) is 1. The highest BCUT2D eigenvalue weighted by molar-refractivity contribution is 6.07. The van der Waals surface area contributed by atoms with Gasteiger partial charge in [0, 0.05) is 12.2 Å². The molecule has 152 valence electrons. The number of anilines is 1. The number of carbonyl (C=O) groups is 1. The zero-order chi connectivity index (χ0) is 21.4. The van der Waals surface area contributed by atoms with Crippen LogP contribution in [0.5, 0.6) is 17.2 Å². The number of carbonyl (C=O) groups excluding carboxylic acids is 1. The molecule has 7 nitrogen and oxygen atoms in total. The number of ether oxygens (including phenoxy) is 3. The Hall–Kier alpha value is -3.66. The van der Waals surface area contributed by atoms with E-state index in [0.717, 1.165) is 11.1 Å². The topological polar surface area (TPSA) is 92.6 Å². The Kier molecular flexibility index (Phi) is 7.49. The van der Waals surface area contributed by atoms with Crippen molar-refractivity contribution in [3.63, 3.8) is 0 Å². The highest BCUT2D eigenvalue weighted by atomic mass is 16.5. The SMILES string of the molecule is COc1ccc(C)cc1NC(=O)/C(C#N)=C\NC(C)c1ccc(OC)c(OC)c1. The van der Waals surface area contributed by atoms with E-state index in [1.165, 1.54) is 13.3 Å². The second-order valence-electron chi connectivity index (χ2n) is 6.33. The maximum absolute atomic E-state index is 12.5. The smallest absolute Gasteiger partial charge is 0.267 e. The third kappa shape index (κ3) is 5.42. The molecule has 1 atom stereocenters. The van der Waals surface area contributed by atoms with Gasteiger partial charge in [0.1, 0.15) is 17.4 Å². The van der Waals surface area contributed by atoms with E-state index in [1.807, 2.05) is 38.1 Å². The lowest BCUT2D eigenvalue weighted by Crippen LogP contribution is -2.19. The predicted octanol–water partition coefficient (Wildman–Crippen LogP) is 3.72. The van der Waals surface area contributed by atoms with E-state index in [4.69, 9.17) is 14.2 Å². The van der Waals surface area contributed by atoms with E-state index >= 15 is 0 Å². The Balaban J connectivity index is 2.14. The van der Waals surface area contributed by atoms with Gasteiger partial charge < -0.3 is 24.8 Å². The molecule has 0 saturated carbocycles. The Morgan fingerprint density at radius 1 is 1.03 bits per heavy atom. The summed E-state index contributed by atoms with van der Waals surface area (Å²) in [5.41, 5.74) is 2.33. The zero-order valence-electron chi connectivity index (χ0n) is 17.2. The first-order valence-corrected chi connectivity index (χ1v) is 8.97. The van der Waals surface area contributed by atoms with Crippen LogP contribution in [0.3, 0.4) is 0 Å². The summed E-state index contributed by atoms with van der Waals surface area (Å²) < 4.78 is 15.8. The number of rotatable bonds is 8. The summed E-state index contributed by atoms with van der Waals surface area (Å²) in [7, 11) is 4.66. The maximum Gasteiger partial charge on any atom is 0.267 e. The van der Waals surface area contributed by atoms with Crippen LogP contribution in [0, 0.1) is 18.3 Å². The number of benzene rings is 2. The van der Waals surface area contributed by atoms with Crippen LogP contribution in [-0.4, -0.2) is 27.2 Å². The highest BCUT2D eigenvalue weighted by Crippen LogP contribution is 2.30. The highest BCUT2D eigenvalue weighted by Gasteiger charge is 2.14.